The van der Waals surface area contributed by atoms with E-state index in [1.807, 2.05) is 17.9 Å². The van der Waals surface area contributed by atoms with E-state index in [0.29, 0.717) is 0 Å². The Bertz CT molecular complexity index is 270. The molecule has 0 saturated carbocycles. The molecular weight excluding hydrogens is 178 g/mol. The maximum Gasteiger partial charge on any atom is 0.0537 e. The third-order valence-electron chi connectivity index (χ3n) is 2.29. The van der Waals surface area contributed by atoms with Crippen molar-refractivity contribution in [3.63, 3.8) is 0 Å². The van der Waals surface area contributed by atoms with Crippen LogP contribution >= 0.6 is 0 Å². The first-order valence-electron chi connectivity index (χ1n) is 4.94. The molecule has 0 amide bonds. The molecule has 1 rings (SSSR count). The molecule has 0 aliphatic carbocycles. The van der Waals surface area contributed by atoms with Gasteiger partial charge in [-0.2, -0.15) is 5.10 Å². The lowest BCUT2D eigenvalue weighted by Gasteiger charge is -2.04. The summed E-state index contributed by atoms with van der Waals surface area (Å²) in [5.41, 5.74) is 2.51. The van der Waals surface area contributed by atoms with Gasteiger partial charge in [-0.3, -0.25) is 4.68 Å². The summed E-state index contributed by atoms with van der Waals surface area (Å²) in [5, 5.41) is 7.45. The highest BCUT2D eigenvalue weighted by Gasteiger charge is 2.04. The Hall–Kier alpha value is -0.870. The summed E-state index contributed by atoms with van der Waals surface area (Å²) >= 11 is 0. The Kier molecular flexibility index (Phi) is 4.62. The van der Waals surface area contributed by atoms with Gasteiger partial charge in [0.25, 0.3) is 0 Å². The number of aromatic nitrogens is 2. The largest absolute Gasteiger partial charge is 0.385 e. The van der Waals surface area contributed by atoms with Crippen LogP contribution in [0.5, 0.6) is 0 Å². The first-order chi connectivity index (χ1) is 6.79. The molecule has 0 bridgehead atoms. The van der Waals surface area contributed by atoms with Gasteiger partial charge in [-0.05, 0) is 20.4 Å². The summed E-state index contributed by atoms with van der Waals surface area (Å²) in [6, 6.07) is 0. The van der Waals surface area contributed by atoms with E-state index < -0.39 is 0 Å². The molecule has 0 spiro atoms. The highest BCUT2D eigenvalue weighted by atomic mass is 16.5. The van der Waals surface area contributed by atoms with Crippen LogP contribution in [0.4, 0.5) is 0 Å². The van der Waals surface area contributed by atoms with Gasteiger partial charge in [0, 0.05) is 38.1 Å². The quantitative estimate of drug-likeness (QED) is 0.690. The zero-order valence-electron chi connectivity index (χ0n) is 9.21. The summed E-state index contributed by atoms with van der Waals surface area (Å²) in [4.78, 5) is 0. The molecule has 0 aliphatic heterocycles. The number of ether oxygens (including phenoxy) is 1. The molecule has 4 nitrogen and oxygen atoms in total. The van der Waals surface area contributed by atoms with E-state index in [0.717, 1.165) is 26.1 Å². The monoisotopic (exact) mass is 197 g/mol. The number of aryl methyl sites for hydroxylation is 1. The van der Waals surface area contributed by atoms with Crippen LogP contribution in [0.2, 0.25) is 0 Å². The summed E-state index contributed by atoms with van der Waals surface area (Å²) in [5.74, 6) is 0. The van der Waals surface area contributed by atoms with E-state index in [4.69, 9.17) is 4.74 Å². The fourth-order valence-corrected chi connectivity index (χ4v) is 1.43. The van der Waals surface area contributed by atoms with Crippen molar-refractivity contribution in [2.24, 2.45) is 0 Å². The molecule has 0 aromatic carbocycles. The normalized spacial score (nSPS) is 10.8. The minimum absolute atomic E-state index is 0.792. The lowest BCUT2D eigenvalue weighted by atomic mass is 10.2. The Morgan fingerprint density at radius 1 is 1.57 bits per heavy atom. The van der Waals surface area contributed by atoms with Crippen LogP contribution < -0.4 is 5.32 Å². The fraction of sp³-hybridized carbons (Fsp3) is 0.700. The van der Waals surface area contributed by atoms with Crippen LogP contribution in [0, 0.1) is 6.92 Å². The molecule has 0 saturated heterocycles. The van der Waals surface area contributed by atoms with E-state index in [-0.39, 0.29) is 0 Å². The fourth-order valence-electron chi connectivity index (χ4n) is 1.43. The number of nitrogens with zero attached hydrogens (tertiary/aromatic N) is 2. The van der Waals surface area contributed by atoms with Gasteiger partial charge in [0.1, 0.15) is 0 Å². The Morgan fingerprint density at radius 3 is 3.00 bits per heavy atom. The topological polar surface area (TPSA) is 39.1 Å². The van der Waals surface area contributed by atoms with Crippen molar-refractivity contribution in [3.05, 3.63) is 17.5 Å². The van der Waals surface area contributed by atoms with E-state index in [2.05, 4.69) is 17.3 Å². The number of hydrogen-bond donors (Lipinski definition) is 1. The number of hydrogen-bond acceptors (Lipinski definition) is 3. The van der Waals surface area contributed by atoms with Gasteiger partial charge in [-0.25, -0.2) is 0 Å². The predicted molar refractivity (Wildman–Crippen MR) is 56.2 cm³/mol. The maximum atomic E-state index is 5.00. The van der Waals surface area contributed by atoms with Crippen molar-refractivity contribution in [3.8, 4) is 0 Å². The maximum absolute atomic E-state index is 5.00. The molecule has 0 unspecified atom stereocenters. The first kappa shape index (κ1) is 11.2. The van der Waals surface area contributed by atoms with Crippen LogP contribution in [0.3, 0.4) is 0 Å². The SMILES string of the molecule is CNCc1cnn(CCCOC)c1C. The Labute approximate surface area is 85.3 Å². The summed E-state index contributed by atoms with van der Waals surface area (Å²) in [6.07, 6.45) is 2.94. The van der Waals surface area contributed by atoms with Crippen molar-refractivity contribution >= 4 is 0 Å². The van der Waals surface area contributed by atoms with Gasteiger partial charge in [0.05, 0.1) is 6.20 Å². The highest BCUT2D eigenvalue weighted by molar-refractivity contribution is 5.15. The van der Waals surface area contributed by atoms with E-state index in [1.54, 1.807) is 7.11 Å². The molecule has 4 heteroatoms. The van der Waals surface area contributed by atoms with Gasteiger partial charge < -0.3 is 10.1 Å². The molecule has 0 atom stereocenters. The predicted octanol–water partition coefficient (Wildman–Crippen LogP) is 0.947. The Balaban J connectivity index is 2.51. The lowest BCUT2D eigenvalue weighted by Crippen LogP contribution is -2.08. The lowest BCUT2D eigenvalue weighted by molar-refractivity contribution is 0.188. The van der Waals surface area contributed by atoms with Crippen molar-refractivity contribution in [1.29, 1.82) is 0 Å². The van der Waals surface area contributed by atoms with Gasteiger partial charge in [-0.1, -0.05) is 0 Å². The second-order valence-corrected chi connectivity index (χ2v) is 3.36. The number of methoxy groups -OCH3 is 1. The standard InChI is InChI=1S/C10H19N3O/c1-9-10(7-11-2)8-12-13(9)5-4-6-14-3/h8,11H,4-7H2,1-3H3. The van der Waals surface area contributed by atoms with Gasteiger partial charge >= 0.3 is 0 Å². The zero-order valence-corrected chi connectivity index (χ0v) is 9.21. The third kappa shape index (κ3) is 2.82. The zero-order chi connectivity index (χ0) is 10.4. The molecule has 14 heavy (non-hydrogen) atoms. The number of rotatable bonds is 6. The van der Waals surface area contributed by atoms with Crippen LogP contribution in [-0.4, -0.2) is 30.5 Å². The molecule has 1 N–H and O–H groups in total. The van der Waals surface area contributed by atoms with Gasteiger partial charge in [-0.15, -0.1) is 0 Å². The average molecular weight is 197 g/mol. The molecule has 1 aromatic heterocycles. The smallest absolute Gasteiger partial charge is 0.0537 e. The molecular formula is C10H19N3O. The third-order valence-corrected chi connectivity index (χ3v) is 2.29. The second-order valence-electron chi connectivity index (χ2n) is 3.36. The molecule has 0 radical (unpaired) electrons. The van der Waals surface area contributed by atoms with Crippen molar-refractivity contribution in [1.82, 2.24) is 15.1 Å². The Morgan fingerprint density at radius 2 is 2.36 bits per heavy atom. The summed E-state index contributed by atoms with van der Waals surface area (Å²) < 4.78 is 7.04. The minimum atomic E-state index is 0.792. The average Bonchev–Trinajstić information content (AvgIpc) is 2.51. The van der Waals surface area contributed by atoms with Crippen molar-refractivity contribution in [2.45, 2.75) is 26.4 Å². The van der Waals surface area contributed by atoms with Gasteiger partial charge in [0.15, 0.2) is 0 Å². The van der Waals surface area contributed by atoms with Gasteiger partial charge in [0.2, 0.25) is 0 Å². The van der Waals surface area contributed by atoms with Crippen LogP contribution in [0.1, 0.15) is 17.7 Å². The van der Waals surface area contributed by atoms with E-state index in [1.165, 1.54) is 11.3 Å². The molecule has 1 heterocycles. The van der Waals surface area contributed by atoms with Crippen molar-refractivity contribution < 1.29 is 4.74 Å². The van der Waals surface area contributed by atoms with E-state index in [9.17, 15) is 0 Å². The molecule has 0 fully saturated rings. The molecule has 1 aromatic rings. The summed E-state index contributed by atoms with van der Waals surface area (Å²) in [7, 11) is 3.67. The van der Waals surface area contributed by atoms with Crippen LogP contribution in [0.15, 0.2) is 6.20 Å². The molecule has 0 aliphatic rings. The van der Waals surface area contributed by atoms with Crippen molar-refractivity contribution in [2.75, 3.05) is 20.8 Å². The molecule has 80 valence electrons. The minimum Gasteiger partial charge on any atom is -0.385 e. The van der Waals surface area contributed by atoms with Crippen LogP contribution in [0.25, 0.3) is 0 Å². The van der Waals surface area contributed by atoms with E-state index >= 15 is 0 Å². The first-order valence-corrected chi connectivity index (χ1v) is 4.94. The van der Waals surface area contributed by atoms with Crippen LogP contribution in [-0.2, 0) is 17.8 Å². The highest BCUT2D eigenvalue weighted by Crippen LogP contribution is 2.07. The number of nitrogens with one attached hydrogen (secondary N) is 1. The second kappa shape index (κ2) is 5.78. The summed E-state index contributed by atoms with van der Waals surface area (Å²) in [6.45, 7) is 4.71.